The average Bonchev–Trinajstić information content (AvgIpc) is 2.66. The van der Waals surface area contributed by atoms with Gasteiger partial charge >= 0.3 is 0 Å². The molecule has 1 fully saturated rings. The van der Waals surface area contributed by atoms with Crippen LogP contribution in [-0.4, -0.2) is 24.7 Å². The van der Waals surface area contributed by atoms with Crippen LogP contribution in [-0.2, 0) is 0 Å². The fourth-order valence-electron chi connectivity index (χ4n) is 2.95. The maximum Gasteiger partial charge on any atom is 0.0777 e. The van der Waals surface area contributed by atoms with E-state index in [1.807, 2.05) is 6.20 Å². The maximum absolute atomic E-state index is 5.73. The molecule has 23 heavy (non-hydrogen) atoms. The summed E-state index contributed by atoms with van der Waals surface area (Å²) in [6.45, 7) is 17.3. The van der Waals surface area contributed by atoms with Crippen LogP contribution >= 0.6 is 0 Å². The van der Waals surface area contributed by atoms with E-state index in [1.165, 1.54) is 12.8 Å². The summed E-state index contributed by atoms with van der Waals surface area (Å²) in [6.07, 6.45) is 13.0. The SMILES string of the molecule is C#CC1=C(C(=C)N2CCC(C)CCCNC2)NC=C(C=C)C1=C. The van der Waals surface area contributed by atoms with Gasteiger partial charge < -0.3 is 10.2 Å². The largest absolute Gasteiger partial charge is 0.358 e. The van der Waals surface area contributed by atoms with Crippen molar-refractivity contribution < 1.29 is 0 Å². The minimum atomic E-state index is 0.729. The molecular weight excluding hydrogens is 282 g/mol. The summed E-state index contributed by atoms with van der Waals surface area (Å²) in [5, 5.41) is 6.78. The Morgan fingerprint density at radius 3 is 2.96 bits per heavy atom. The van der Waals surface area contributed by atoms with Crippen molar-refractivity contribution in [2.45, 2.75) is 26.2 Å². The molecule has 1 saturated heterocycles. The first-order valence-electron chi connectivity index (χ1n) is 8.23. The first kappa shape index (κ1) is 17.2. The van der Waals surface area contributed by atoms with Gasteiger partial charge in [-0.05, 0) is 42.9 Å². The predicted molar refractivity (Wildman–Crippen MR) is 98.1 cm³/mol. The lowest BCUT2D eigenvalue weighted by atomic mass is 9.94. The molecule has 0 radical (unpaired) electrons. The van der Waals surface area contributed by atoms with Crippen molar-refractivity contribution in [2.24, 2.45) is 5.92 Å². The van der Waals surface area contributed by atoms with Crippen molar-refractivity contribution in [1.29, 1.82) is 0 Å². The molecular formula is C20H27N3. The average molecular weight is 309 g/mol. The quantitative estimate of drug-likeness (QED) is 0.784. The summed E-state index contributed by atoms with van der Waals surface area (Å²) in [6, 6.07) is 0. The number of dihydropyridines is 1. The number of hydrogen-bond acceptors (Lipinski definition) is 3. The molecule has 0 saturated carbocycles. The van der Waals surface area contributed by atoms with Crippen LogP contribution in [0.4, 0.5) is 0 Å². The zero-order chi connectivity index (χ0) is 16.8. The molecule has 2 N–H and O–H groups in total. The van der Waals surface area contributed by atoms with Gasteiger partial charge in [-0.2, -0.15) is 0 Å². The molecule has 2 heterocycles. The van der Waals surface area contributed by atoms with Crippen LogP contribution in [0.3, 0.4) is 0 Å². The van der Waals surface area contributed by atoms with Crippen LogP contribution < -0.4 is 10.6 Å². The minimum absolute atomic E-state index is 0.729. The van der Waals surface area contributed by atoms with Gasteiger partial charge in [0.25, 0.3) is 0 Å². The molecule has 3 nitrogen and oxygen atoms in total. The second-order valence-corrected chi connectivity index (χ2v) is 6.23. The summed E-state index contributed by atoms with van der Waals surface area (Å²) in [5.41, 5.74) is 4.30. The summed E-state index contributed by atoms with van der Waals surface area (Å²) in [5.74, 6) is 3.49. The summed E-state index contributed by atoms with van der Waals surface area (Å²) in [7, 11) is 0. The lowest BCUT2D eigenvalue weighted by Gasteiger charge is -2.31. The molecule has 0 aromatic heterocycles. The van der Waals surface area contributed by atoms with Crippen LogP contribution in [0.15, 0.2) is 60.1 Å². The Morgan fingerprint density at radius 2 is 2.26 bits per heavy atom. The smallest absolute Gasteiger partial charge is 0.0777 e. The topological polar surface area (TPSA) is 27.3 Å². The zero-order valence-electron chi connectivity index (χ0n) is 14.1. The van der Waals surface area contributed by atoms with Gasteiger partial charge in [0.15, 0.2) is 0 Å². The molecule has 2 aliphatic rings. The third-order valence-electron chi connectivity index (χ3n) is 4.55. The van der Waals surface area contributed by atoms with Crippen molar-refractivity contribution in [1.82, 2.24) is 15.5 Å². The van der Waals surface area contributed by atoms with Gasteiger partial charge in [-0.1, -0.05) is 38.7 Å². The third kappa shape index (κ3) is 3.97. The molecule has 0 bridgehead atoms. The van der Waals surface area contributed by atoms with Crippen molar-refractivity contribution in [3.63, 3.8) is 0 Å². The van der Waals surface area contributed by atoms with E-state index in [-0.39, 0.29) is 0 Å². The number of allylic oxidation sites excluding steroid dienone is 4. The Labute approximate surface area is 140 Å². The number of hydrogen-bond donors (Lipinski definition) is 2. The van der Waals surface area contributed by atoms with E-state index in [1.54, 1.807) is 6.08 Å². The van der Waals surface area contributed by atoms with Crippen molar-refractivity contribution in [3.8, 4) is 12.3 Å². The minimum Gasteiger partial charge on any atom is -0.358 e. The maximum atomic E-state index is 5.73. The first-order chi connectivity index (χ1) is 11.1. The Hall–Kier alpha value is -2.18. The van der Waals surface area contributed by atoms with Gasteiger partial charge in [0.1, 0.15) is 0 Å². The third-order valence-corrected chi connectivity index (χ3v) is 4.55. The molecule has 3 heteroatoms. The highest BCUT2D eigenvalue weighted by molar-refractivity contribution is 5.63. The fraction of sp³-hybridized carbons (Fsp3) is 0.400. The lowest BCUT2D eigenvalue weighted by Crippen LogP contribution is -2.37. The Morgan fingerprint density at radius 1 is 1.48 bits per heavy atom. The van der Waals surface area contributed by atoms with E-state index in [0.717, 1.165) is 60.2 Å². The van der Waals surface area contributed by atoms with E-state index in [0.29, 0.717) is 0 Å². The number of nitrogens with zero attached hydrogens (tertiary/aromatic N) is 1. The van der Waals surface area contributed by atoms with Crippen LogP contribution in [0.25, 0.3) is 0 Å². The Kier molecular flexibility index (Phi) is 5.90. The van der Waals surface area contributed by atoms with Crippen LogP contribution in [0, 0.1) is 18.3 Å². The second kappa shape index (κ2) is 7.89. The number of terminal acetylenes is 1. The van der Waals surface area contributed by atoms with E-state index >= 15 is 0 Å². The highest BCUT2D eigenvalue weighted by Gasteiger charge is 2.21. The molecule has 1 atom stereocenters. The predicted octanol–water partition coefficient (Wildman–Crippen LogP) is 3.29. The van der Waals surface area contributed by atoms with Gasteiger partial charge in [-0.25, -0.2) is 0 Å². The van der Waals surface area contributed by atoms with Gasteiger partial charge in [0, 0.05) is 12.7 Å². The first-order valence-corrected chi connectivity index (χ1v) is 8.23. The molecule has 0 spiro atoms. The van der Waals surface area contributed by atoms with Crippen molar-refractivity contribution in [3.05, 3.63) is 60.1 Å². The molecule has 0 aromatic carbocycles. The Balaban J connectivity index is 2.21. The van der Waals surface area contributed by atoms with Crippen LogP contribution in [0.5, 0.6) is 0 Å². The van der Waals surface area contributed by atoms with Crippen LogP contribution in [0.2, 0.25) is 0 Å². The van der Waals surface area contributed by atoms with Gasteiger partial charge in [0.2, 0.25) is 0 Å². The Bertz CT molecular complexity index is 601. The molecule has 0 amide bonds. The molecule has 1 unspecified atom stereocenters. The van der Waals surface area contributed by atoms with E-state index in [9.17, 15) is 0 Å². The molecule has 2 rings (SSSR count). The second-order valence-electron chi connectivity index (χ2n) is 6.23. The summed E-state index contributed by atoms with van der Waals surface area (Å²) >= 11 is 0. The van der Waals surface area contributed by atoms with E-state index in [4.69, 9.17) is 6.42 Å². The highest BCUT2D eigenvalue weighted by Crippen LogP contribution is 2.28. The van der Waals surface area contributed by atoms with Crippen molar-refractivity contribution in [2.75, 3.05) is 19.8 Å². The van der Waals surface area contributed by atoms with Gasteiger partial charge in [-0.3, -0.25) is 5.32 Å². The lowest BCUT2D eigenvalue weighted by molar-refractivity contribution is 0.308. The van der Waals surface area contributed by atoms with Gasteiger partial charge in [-0.15, -0.1) is 6.42 Å². The monoisotopic (exact) mass is 309 g/mol. The number of rotatable bonds is 3. The fourth-order valence-corrected chi connectivity index (χ4v) is 2.95. The van der Waals surface area contributed by atoms with Gasteiger partial charge in [0.05, 0.1) is 23.6 Å². The highest BCUT2D eigenvalue weighted by atomic mass is 15.2. The molecule has 0 aromatic rings. The molecule has 122 valence electrons. The van der Waals surface area contributed by atoms with E-state index < -0.39 is 0 Å². The van der Waals surface area contributed by atoms with E-state index in [2.05, 4.69) is 48.1 Å². The van der Waals surface area contributed by atoms with Crippen molar-refractivity contribution >= 4 is 0 Å². The molecule has 2 aliphatic heterocycles. The zero-order valence-corrected chi connectivity index (χ0v) is 14.1. The number of nitrogens with one attached hydrogen (secondary N) is 2. The summed E-state index contributed by atoms with van der Waals surface area (Å²) in [4.78, 5) is 2.27. The normalized spacial score (nSPS) is 23.0. The molecule has 0 aliphatic carbocycles. The standard InChI is InChI=1S/C20H27N3/c1-6-18-13-22-20(19(7-2)16(18)4)17(5)23-12-10-15(3)9-8-11-21-14-23/h2,6,13,15,21-22H,1,4-5,8-12,14H2,3H3. The summed E-state index contributed by atoms with van der Waals surface area (Å²) < 4.78 is 0. The van der Waals surface area contributed by atoms with Crippen LogP contribution in [0.1, 0.15) is 26.2 Å².